The predicted molar refractivity (Wildman–Crippen MR) is 60.4 cm³/mol. The van der Waals surface area contributed by atoms with Gasteiger partial charge in [-0.2, -0.15) is 5.26 Å². The third-order valence-corrected chi connectivity index (χ3v) is 2.59. The predicted octanol–water partition coefficient (Wildman–Crippen LogP) is 1.91. The van der Waals surface area contributed by atoms with Crippen LogP contribution in [0.1, 0.15) is 5.56 Å². The molecule has 1 aromatic carbocycles. The average molecular weight is 211 g/mol. The van der Waals surface area contributed by atoms with E-state index in [1.54, 1.807) is 6.20 Å². The van der Waals surface area contributed by atoms with E-state index in [4.69, 9.17) is 10.00 Å². The Morgan fingerprint density at radius 2 is 2.31 bits per heavy atom. The standard InChI is InChI=1S/C12H9N3O/c13-6-8-3-9-4-12-11(14-1-2-16-12)5-10(9)15-7-8/h3-5,7,14H,1-2H2. The lowest BCUT2D eigenvalue weighted by Crippen LogP contribution is -2.17. The van der Waals surface area contributed by atoms with Gasteiger partial charge < -0.3 is 10.1 Å². The van der Waals surface area contributed by atoms with Crippen molar-refractivity contribution in [3.05, 3.63) is 30.0 Å². The van der Waals surface area contributed by atoms with Crippen LogP contribution < -0.4 is 10.1 Å². The molecule has 2 heterocycles. The van der Waals surface area contributed by atoms with E-state index in [2.05, 4.69) is 16.4 Å². The van der Waals surface area contributed by atoms with E-state index in [-0.39, 0.29) is 0 Å². The molecule has 1 N–H and O–H groups in total. The van der Waals surface area contributed by atoms with E-state index in [9.17, 15) is 0 Å². The second kappa shape index (κ2) is 3.38. The summed E-state index contributed by atoms with van der Waals surface area (Å²) in [5, 5.41) is 13.0. The summed E-state index contributed by atoms with van der Waals surface area (Å²) in [7, 11) is 0. The summed E-state index contributed by atoms with van der Waals surface area (Å²) in [6.45, 7) is 1.48. The van der Waals surface area contributed by atoms with Crippen molar-refractivity contribution in [2.75, 3.05) is 18.5 Å². The minimum absolute atomic E-state index is 0.566. The largest absolute Gasteiger partial charge is 0.490 e. The van der Waals surface area contributed by atoms with Crippen LogP contribution in [0, 0.1) is 11.3 Å². The molecule has 0 saturated carbocycles. The summed E-state index contributed by atoms with van der Waals surface area (Å²) in [6.07, 6.45) is 1.58. The second-order valence-corrected chi connectivity index (χ2v) is 3.65. The maximum absolute atomic E-state index is 8.80. The minimum Gasteiger partial charge on any atom is -0.490 e. The monoisotopic (exact) mass is 211 g/mol. The van der Waals surface area contributed by atoms with E-state index in [0.29, 0.717) is 12.2 Å². The first kappa shape index (κ1) is 8.98. The van der Waals surface area contributed by atoms with Gasteiger partial charge in [0.15, 0.2) is 0 Å². The normalized spacial score (nSPS) is 13.4. The van der Waals surface area contributed by atoms with Crippen molar-refractivity contribution < 1.29 is 4.74 Å². The topological polar surface area (TPSA) is 57.9 Å². The number of rotatable bonds is 0. The molecule has 16 heavy (non-hydrogen) atoms. The number of aromatic nitrogens is 1. The zero-order valence-electron chi connectivity index (χ0n) is 8.53. The average Bonchev–Trinajstić information content (AvgIpc) is 2.35. The Morgan fingerprint density at radius 3 is 3.19 bits per heavy atom. The molecule has 78 valence electrons. The first-order valence-corrected chi connectivity index (χ1v) is 5.07. The van der Waals surface area contributed by atoms with Crippen LogP contribution in [0.4, 0.5) is 5.69 Å². The lowest BCUT2D eigenvalue weighted by molar-refractivity contribution is 0.324. The summed E-state index contributed by atoms with van der Waals surface area (Å²) in [5.74, 6) is 0.829. The van der Waals surface area contributed by atoms with Crippen molar-refractivity contribution in [3.63, 3.8) is 0 Å². The quantitative estimate of drug-likeness (QED) is 0.723. The van der Waals surface area contributed by atoms with Gasteiger partial charge in [-0.15, -0.1) is 0 Å². The molecule has 3 rings (SSSR count). The number of anilines is 1. The highest BCUT2D eigenvalue weighted by molar-refractivity contribution is 5.86. The third kappa shape index (κ3) is 1.34. The molecule has 0 aliphatic carbocycles. The van der Waals surface area contributed by atoms with Gasteiger partial charge in [-0.3, -0.25) is 4.98 Å². The third-order valence-electron chi connectivity index (χ3n) is 2.59. The van der Waals surface area contributed by atoms with Crippen LogP contribution in [-0.4, -0.2) is 18.1 Å². The molecule has 4 nitrogen and oxygen atoms in total. The molecule has 1 aliphatic heterocycles. The molecule has 4 heteroatoms. The molecule has 0 unspecified atom stereocenters. The second-order valence-electron chi connectivity index (χ2n) is 3.65. The maximum atomic E-state index is 8.80. The van der Waals surface area contributed by atoms with Gasteiger partial charge in [0.2, 0.25) is 0 Å². The smallest absolute Gasteiger partial charge is 0.143 e. The number of hydrogen-bond donors (Lipinski definition) is 1. The SMILES string of the molecule is N#Cc1cnc2cc3c(cc2c1)OCCN3. The Kier molecular flexibility index (Phi) is 1.90. The Morgan fingerprint density at radius 1 is 1.38 bits per heavy atom. The van der Waals surface area contributed by atoms with Gasteiger partial charge in [-0.1, -0.05) is 0 Å². The summed E-state index contributed by atoms with van der Waals surface area (Å²) in [4.78, 5) is 4.24. The molecule has 0 amide bonds. The fraction of sp³-hybridized carbons (Fsp3) is 0.167. The molecule has 2 aromatic rings. The maximum Gasteiger partial charge on any atom is 0.143 e. The van der Waals surface area contributed by atoms with Crippen LogP contribution in [0.25, 0.3) is 10.9 Å². The van der Waals surface area contributed by atoms with Gasteiger partial charge >= 0.3 is 0 Å². The van der Waals surface area contributed by atoms with Crippen LogP contribution in [-0.2, 0) is 0 Å². The molecule has 0 atom stereocenters. The Balaban J connectivity index is 2.24. The number of ether oxygens (including phenoxy) is 1. The van der Waals surface area contributed by atoms with Gasteiger partial charge in [-0.25, -0.2) is 0 Å². The number of benzene rings is 1. The van der Waals surface area contributed by atoms with Crippen molar-refractivity contribution in [2.24, 2.45) is 0 Å². The number of nitrogens with one attached hydrogen (secondary N) is 1. The van der Waals surface area contributed by atoms with Crippen molar-refractivity contribution in [3.8, 4) is 11.8 Å². The van der Waals surface area contributed by atoms with Gasteiger partial charge in [0.1, 0.15) is 18.4 Å². The van der Waals surface area contributed by atoms with Crippen molar-refractivity contribution in [1.29, 1.82) is 5.26 Å². The molecule has 0 radical (unpaired) electrons. The molecule has 0 saturated heterocycles. The molecule has 0 spiro atoms. The van der Waals surface area contributed by atoms with E-state index < -0.39 is 0 Å². The van der Waals surface area contributed by atoms with Crippen molar-refractivity contribution >= 4 is 16.6 Å². The lowest BCUT2D eigenvalue weighted by atomic mass is 10.1. The summed E-state index contributed by atoms with van der Waals surface area (Å²) in [5.41, 5.74) is 2.41. The fourth-order valence-corrected chi connectivity index (χ4v) is 1.82. The summed E-state index contributed by atoms with van der Waals surface area (Å²) < 4.78 is 5.53. The van der Waals surface area contributed by atoms with Crippen LogP contribution in [0.15, 0.2) is 24.4 Å². The van der Waals surface area contributed by atoms with Gasteiger partial charge in [-0.05, 0) is 18.2 Å². The lowest BCUT2D eigenvalue weighted by Gasteiger charge is -2.19. The number of pyridine rings is 1. The first-order chi connectivity index (χ1) is 7.86. The Labute approximate surface area is 92.5 Å². The fourth-order valence-electron chi connectivity index (χ4n) is 1.82. The number of nitrogens with zero attached hydrogens (tertiary/aromatic N) is 2. The zero-order valence-corrected chi connectivity index (χ0v) is 8.53. The van der Waals surface area contributed by atoms with Crippen LogP contribution in [0.3, 0.4) is 0 Å². The Hall–Kier alpha value is -2.28. The highest BCUT2D eigenvalue weighted by Gasteiger charge is 2.11. The first-order valence-electron chi connectivity index (χ1n) is 5.07. The van der Waals surface area contributed by atoms with E-state index in [0.717, 1.165) is 28.9 Å². The molecular weight excluding hydrogens is 202 g/mol. The number of hydrogen-bond acceptors (Lipinski definition) is 4. The zero-order chi connectivity index (χ0) is 11.0. The molecule has 0 bridgehead atoms. The highest BCUT2D eigenvalue weighted by Crippen LogP contribution is 2.31. The van der Waals surface area contributed by atoms with Crippen molar-refractivity contribution in [2.45, 2.75) is 0 Å². The molecule has 0 fully saturated rings. The van der Waals surface area contributed by atoms with Crippen LogP contribution >= 0.6 is 0 Å². The minimum atomic E-state index is 0.566. The number of fused-ring (bicyclic) bond motifs is 2. The number of nitriles is 1. The van der Waals surface area contributed by atoms with E-state index >= 15 is 0 Å². The van der Waals surface area contributed by atoms with E-state index in [1.165, 1.54) is 0 Å². The molecule has 1 aromatic heterocycles. The van der Waals surface area contributed by atoms with Gasteiger partial charge in [0, 0.05) is 18.1 Å². The van der Waals surface area contributed by atoms with Crippen LogP contribution in [0.5, 0.6) is 5.75 Å². The van der Waals surface area contributed by atoms with Crippen molar-refractivity contribution in [1.82, 2.24) is 4.98 Å². The molecular formula is C12H9N3O. The van der Waals surface area contributed by atoms with Crippen LogP contribution in [0.2, 0.25) is 0 Å². The Bertz CT molecular complexity index is 601. The highest BCUT2D eigenvalue weighted by atomic mass is 16.5. The summed E-state index contributed by atoms with van der Waals surface area (Å²) >= 11 is 0. The van der Waals surface area contributed by atoms with E-state index in [1.807, 2.05) is 18.2 Å². The van der Waals surface area contributed by atoms with Gasteiger partial charge in [0.05, 0.1) is 16.8 Å². The summed E-state index contributed by atoms with van der Waals surface area (Å²) in [6, 6.07) is 7.77. The van der Waals surface area contributed by atoms with Gasteiger partial charge in [0.25, 0.3) is 0 Å². The molecule has 1 aliphatic rings.